The molecule has 1 saturated heterocycles. The highest BCUT2D eigenvalue weighted by Crippen LogP contribution is 2.39. The van der Waals surface area contributed by atoms with Crippen molar-refractivity contribution in [2.24, 2.45) is 5.92 Å². The van der Waals surface area contributed by atoms with Gasteiger partial charge >= 0.3 is 12.4 Å². The van der Waals surface area contributed by atoms with Crippen LogP contribution in [0, 0.1) is 5.92 Å². The minimum Gasteiger partial charge on any atom is -0.312 e. The van der Waals surface area contributed by atoms with E-state index in [1.54, 1.807) is 6.92 Å². The highest BCUT2D eigenvalue weighted by atomic mass is 19.4. The van der Waals surface area contributed by atoms with Gasteiger partial charge in [0.05, 0.1) is 11.1 Å². The number of alkyl halides is 6. The summed E-state index contributed by atoms with van der Waals surface area (Å²) >= 11 is 0. The van der Waals surface area contributed by atoms with Gasteiger partial charge in [-0.2, -0.15) is 26.3 Å². The van der Waals surface area contributed by atoms with E-state index in [1.807, 2.05) is 0 Å². The van der Waals surface area contributed by atoms with Crippen molar-refractivity contribution in [3.8, 4) is 0 Å². The van der Waals surface area contributed by atoms with Crippen molar-refractivity contribution in [3.63, 3.8) is 0 Å². The number of rotatable bonds is 1. The largest absolute Gasteiger partial charge is 0.416 e. The zero-order valence-electron chi connectivity index (χ0n) is 10.8. The molecule has 1 aliphatic rings. The van der Waals surface area contributed by atoms with Crippen LogP contribution >= 0.6 is 0 Å². The first-order valence-electron chi connectivity index (χ1n) is 6.11. The molecule has 1 aromatic carbocycles. The van der Waals surface area contributed by atoms with Crippen molar-refractivity contribution >= 4 is 11.6 Å². The van der Waals surface area contributed by atoms with Gasteiger partial charge in [0.15, 0.2) is 0 Å². The van der Waals surface area contributed by atoms with Gasteiger partial charge in [-0.25, -0.2) is 0 Å². The number of hydrogen-bond donors (Lipinski definition) is 0. The molecule has 0 bridgehead atoms. The maximum absolute atomic E-state index is 12.7. The van der Waals surface area contributed by atoms with E-state index in [2.05, 4.69) is 0 Å². The van der Waals surface area contributed by atoms with E-state index in [0.717, 1.165) is 4.90 Å². The molecule has 1 heterocycles. The predicted octanol–water partition coefficient (Wildman–Crippen LogP) is 4.10. The molecule has 2 nitrogen and oxygen atoms in total. The number of hydrogen-bond acceptors (Lipinski definition) is 1. The predicted molar refractivity (Wildman–Crippen MR) is 62.6 cm³/mol. The van der Waals surface area contributed by atoms with Gasteiger partial charge in [-0.3, -0.25) is 4.79 Å². The van der Waals surface area contributed by atoms with Gasteiger partial charge in [0.25, 0.3) is 0 Å². The third-order valence-electron chi connectivity index (χ3n) is 3.36. The molecule has 0 radical (unpaired) electrons. The van der Waals surface area contributed by atoms with Crippen LogP contribution in [0.3, 0.4) is 0 Å². The van der Waals surface area contributed by atoms with E-state index in [4.69, 9.17) is 0 Å². The Hall–Kier alpha value is -1.73. The van der Waals surface area contributed by atoms with Crippen LogP contribution in [0.4, 0.5) is 32.0 Å². The number of amides is 1. The Kier molecular flexibility index (Phi) is 3.67. The zero-order valence-corrected chi connectivity index (χ0v) is 10.8. The van der Waals surface area contributed by atoms with Crippen LogP contribution < -0.4 is 4.90 Å². The van der Waals surface area contributed by atoms with Gasteiger partial charge in [0, 0.05) is 18.2 Å². The smallest absolute Gasteiger partial charge is 0.312 e. The van der Waals surface area contributed by atoms with E-state index >= 15 is 0 Å². The summed E-state index contributed by atoms with van der Waals surface area (Å²) in [6.45, 7) is 1.69. The summed E-state index contributed by atoms with van der Waals surface area (Å²) in [7, 11) is 0. The molecule has 0 N–H and O–H groups in total. The lowest BCUT2D eigenvalue weighted by molar-refractivity contribution is -0.143. The molecule has 1 amide bonds. The quantitative estimate of drug-likeness (QED) is 0.715. The Morgan fingerprint density at radius 3 is 1.81 bits per heavy atom. The van der Waals surface area contributed by atoms with Crippen molar-refractivity contribution in [1.82, 2.24) is 0 Å². The lowest BCUT2D eigenvalue weighted by Crippen LogP contribution is -2.27. The van der Waals surface area contributed by atoms with Crippen LogP contribution in [0.1, 0.15) is 24.5 Å². The molecular weight excluding hydrogens is 300 g/mol. The first kappa shape index (κ1) is 15.7. The molecule has 1 fully saturated rings. The van der Waals surface area contributed by atoms with E-state index in [0.29, 0.717) is 18.6 Å². The molecule has 0 aromatic heterocycles. The summed E-state index contributed by atoms with van der Waals surface area (Å²) < 4.78 is 76.4. The van der Waals surface area contributed by atoms with Crippen LogP contribution in [0.5, 0.6) is 0 Å². The third-order valence-corrected chi connectivity index (χ3v) is 3.36. The average Bonchev–Trinajstić information content (AvgIpc) is 2.67. The van der Waals surface area contributed by atoms with Gasteiger partial charge < -0.3 is 4.90 Å². The Morgan fingerprint density at radius 2 is 1.48 bits per heavy atom. The van der Waals surface area contributed by atoms with Gasteiger partial charge in [-0.05, 0) is 24.6 Å². The Bertz CT molecular complexity index is 531. The molecular formula is C13H11F6NO. The summed E-state index contributed by atoms with van der Waals surface area (Å²) in [5.41, 5.74) is -3.20. The van der Waals surface area contributed by atoms with Crippen molar-refractivity contribution in [3.05, 3.63) is 29.3 Å². The van der Waals surface area contributed by atoms with Gasteiger partial charge in [0.2, 0.25) is 5.91 Å². The van der Waals surface area contributed by atoms with Gasteiger partial charge in [-0.15, -0.1) is 0 Å². The minimum atomic E-state index is -4.91. The van der Waals surface area contributed by atoms with E-state index in [9.17, 15) is 31.1 Å². The van der Waals surface area contributed by atoms with Gasteiger partial charge in [-0.1, -0.05) is 6.92 Å². The maximum atomic E-state index is 12.7. The molecule has 0 spiro atoms. The average molecular weight is 311 g/mol. The Morgan fingerprint density at radius 1 is 1.00 bits per heavy atom. The summed E-state index contributed by atoms with van der Waals surface area (Å²) in [6.07, 6.45) is -9.43. The van der Waals surface area contributed by atoms with Crippen molar-refractivity contribution in [2.45, 2.75) is 25.7 Å². The van der Waals surface area contributed by atoms with Crippen LogP contribution in [-0.2, 0) is 17.1 Å². The molecule has 1 unspecified atom stereocenters. The highest BCUT2D eigenvalue weighted by molar-refractivity contribution is 5.97. The molecule has 0 aliphatic carbocycles. The SMILES string of the molecule is CC1CCN(c2cc(C(F)(F)F)cc(C(F)(F)F)c2)C1=O. The summed E-state index contributed by atoms with van der Waals surface area (Å²) in [4.78, 5) is 12.8. The molecule has 1 atom stereocenters. The van der Waals surface area contributed by atoms with E-state index in [-0.39, 0.29) is 18.3 Å². The number of anilines is 1. The molecule has 1 aliphatic heterocycles. The Balaban J connectivity index is 2.53. The second kappa shape index (κ2) is 4.92. The van der Waals surface area contributed by atoms with Crippen molar-refractivity contribution in [1.29, 1.82) is 0 Å². The summed E-state index contributed by atoms with van der Waals surface area (Å²) in [5.74, 6) is -0.878. The number of carbonyl (C=O) groups excluding carboxylic acids is 1. The monoisotopic (exact) mass is 311 g/mol. The van der Waals surface area contributed by atoms with Crippen molar-refractivity contribution < 1.29 is 31.1 Å². The first-order chi connectivity index (χ1) is 9.50. The Labute approximate surface area is 116 Å². The zero-order chi connectivity index (χ0) is 16.0. The van der Waals surface area contributed by atoms with Crippen LogP contribution in [0.15, 0.2) is 18.2 Å². The second-order valence-electron chi connectivity index (χ2n) is 4.94. The number of carbonyl (C=O) groups is 1. The topological polar surface area (TPSA) is 20.3 Å². The third kappa shape index (κ3) is 3.14. The fourth-order valence-corrected chi connectivity index (χ4v) is 2.17. The van der Waals surface area contributed by atoms with Crippen molar-refractivity contribution in [2.75, 3.05) is 11.4 Å². The molecule has 1 aromatic rings. The molecule has 2 rings (SSSR count). The number of benzene rings is 1. The fraction of sp³-hybridized carbons (Fsp3) is 0.462. The van der Waals surface area contributed by atoms with Crippen LogP contribution in [-0.4, -0.2) is 12.5 Å². The lowest BCUT2D eigenvalue weighted by Gasteiger charge is -2.20. The molecule has 8 heteroatoms. The molecule has 0 saturated carbocycles. The molecule has 21 heavy (non-hydrogen) atoms. The minimum absolute atomic E-state index is 0.0491. The maximum Gasteiger partial charge on any atom is 0.416 e. The van der Waals surface area contributed by atoms with Crippen LogP contribution in [0.2, 0.25) is 0 Å². The first-order valence-corrected chi connectivity index (χ1v) is 6.11. The fourth-order valence-electron chi connectivity index (χ4n) is 2.17. The number of halogens is 6. The number of nitrogens with zero attached hydrogens (tertiary/aromatic N) is 1. The van der Waals surface area contributed by atoms with Gasteiger partial charge in [0.1, 0.15) is 0 Å². The normalized spacial score (nSPS) is 20.2. The summed E-state index contributed by atoms with van der Waals surface area (Å²) in [5, 5.41) is 0. The van der Waals surface area contributed by atoms with E-state index < -0.39 is 35.3 Å². The summed E-state index contributed by atoms with van der Waals surface area (Å²) in [6, 6.07) is 1.20. The highest BCUT2D eigenvalue weighted by Gasteiger charge is 2.39. The standard InChI is InChI=1S/C13H11F6NO/c1-7-2-3-20(11(7)21)10-5-8(12(14,15)16)4-9(6-10)13(17,18)19/h4-7H,2-3H2,1H3. The second-order valence-corrected chi connectivity index (χ2v) is 4.94. The lowest BCUT2D eigenvalue weighted by atomic mass is 10.1. The molecule has 116 valence electrons. The van der Waals surface area contributed by atoms with E-state index in [1.165, 1.54) is 0 Å². The van der Waals surface area contributed by atoms with Crippen LogP contribution in [0.25, 0.3) is 0 Å².